The first kappa shape index (κ1) is 17.8. The van der Waals surface area contributed by atoms with Crippen molar-refractivity contribution < 1.29 is 14.3 Å². The summed E-state index contributed by atoms with van der Waals surface area (Å²) in [6.07, 6.45) is 7.36. The monoisotopic (exact) mass is 375 g/mol. The minimum Gasteiger partial charge on any atom is -0.469 e. The van der Waals surface area contributed by atoms with Crippen LogP contribution in [-0.2, 0) is 9.53 Å². The Morgan fingerprint density at radius 3 is 2.23 bits per heavy atom. The number of benzene rings is 1. The number of ether oxygens (including phenoxy) is 1. The number of methoxy groups -OCH3 is 1. The van der Waals surface area contributed by atoms with Crippen LogP contribution in [0.5, 0.6) is 0 Å². The van der Waals surface area contributed by atoms with Crippen LogP contribution in [0.1, 0.15) is 55.3 Å². The highest BCUT2D eigenvalue weighted by molar-refractivity contribution is 6.33. The Labute approximate surface area is 159 Å². The fourth-order valence-corrected chi connectivity index (χ4v) is 6.25. The van der Waals surface area contributed by atoms with Gasteiger partial charge < -0.3 is 9.64 Å². The van der Waals surface area contributed by atoms with Crippen LogP contribution < -0.4 is 0 Å². The lowest BCUT2D eigenvalue weighted by Crippen LogP contribution is -2.61. The van der Waals surface area contributed by atoms with Crippen LogP contribution in [0.4, 0.5) is 0 Å². The summed E-state index contributed by atoms with van der Waals surface area (Å²) in [5, 5.41) is 0.477. The van der Waals surface area contributed by atoms with E-state index in [-0.39, 0.29) is 23.8 Å². The number of hydrogen-bond donors (Lipinski definition) is 0. The molecule has 0 spiro atoms. The smallest absolute Gasteiger partial charge is 0.307 e. The van der Waals surface area contributed by atoms with Crippen molar-refractivity contribution in [1.29, 1.82) is 0 Å². The van der Waals surface area contributed by atoms with Gasteiger partial charge in [-0.2, -0.15) is 0 Å². The van der Waals surface area contributed by atoms with E-state index in [4.69, 9.17) is 16.3 Å². The zero-order valence-corrected chi connectivity index (χ0v) is 16.0. The third kappa shape index (κ3) is 3.13. The van der Waals surface area contributed by atoms with E-state index in [9.17, 15) is 9.59 Å². The molecule has 4 saturated carbocycles. The number of esters is 1. The van der Waals surface area contributed by atoms with Gasteiger partial charge in [0.2, 0.25) is 0 Å². The molecule has 5 rings (SSSR count). The Bertz CT molecular complexity index is 682. The Balaban J connectivity index is 1.66. The lowest BCUT2D eigenvalue weighted by molar-refractivity contribution is -0.141. The first-order valence-electron chi connectivity index (χ1n) is 9.64. The van der Waals surface area contributed by atoms with Crippen molar-refractivity contribution in [2.24, 2.45) is 17.8 Å². The molecule has 1 amide bonds. The Hall–Kier alpha value is -1.55. The zero-order valence-electron chi connectivity index (χ0n) is 15.2. The van der Waals surface area contributed by atoms with Crippen LogP contribution in [-0.4, -0.2) is 36.0 Å². The second-order valence-electron chi connectivity index (χ2n) is 8.40. The van der Waals surface area contributed by atoms with E-state index in [0.29, 0.717) is 17.1 Å². The molecular weight excluding hydrogens is 350 g/mol. The number of amides is 1. The molecule has 0 radical (unpaired) electrons. The SMILES string of the molecule is COC(=O)CCN(C(=O)c1ccccc1Cl)C12CC3CC(CC(C3)C1)C2. The highest BCUT2D eigenvalue weighted by Gasteiger charge is 2.54. The lowest BCUT2D eigenvalue weighted by atomic mass is 9.52. The maximum absolute atomic E-state index is 13.5. The van der Waals surface area contributed by atoms with Crippen molar-refractivity contribution in [2.75, 3.05) is 13.7 Å². The van der Waals surface area contributed by atoms with Gasteiger partial charge >= 0.3 is 5.97 Å². The largest absolute Gasteiger partial charge is 0.469 e. The van der Waals surface area contributed by atoms with Gasteiger partial charge in [0.15, 0.2) is 0 Å². The van der Waals surface area contributed by atoms with Crippen molar-refractivity contribution in [3.05, 3.63) is 34.9 Å². The number of nitrogens with zero attached hydrogens (tertiary/aromatic N) is 1. The van der Waals surface area contributed by atoms with E-state index in [2.05, 4.69) is 0 Å². The Morgan fingerprint density at radius 2 is 1.69 bits per heavy atom. The van der Waals surface area contributed by atoms with Crippen LogP contribution in [0.2, 0.25) is 5.02 Å². The fourth-order valence-electron chi connectivity index (χ4n) is 6.03. The number of carbonyl (C=O) groups is 2. The molecule has 0 aliphatic heterocycles. The van der Waals surface area contributed by atoms with Crippen molar-refractivity contribution in [3.8, 4) is 0 Å². The number of halogens is 1. The fraction of sp³-hybridized carbons (Fsp3) is 0.619. The summed E-state index contributed by atoms with van der Waals surface area (Å²) >= 11 is 6.32. The van der Waals surface area contributed by atoms with E-state index >= 15 is 0 Å². The van der Waals surface area contributed by atoms with Crippen molar-refractivity contribution >= 4 is 23.5 Å². The van der Waals surface area contributed by atoms with Gasteiger partial charge in [-0.1, -0.05) is 23.7 Å². The van der Waals surface area contributed by atoms with Crippen LogP contribution in [0.3, 0.4) is 0 Å². The van der Waals surface area contributed by atoms with Gasteiger partial charge in [0, 0.05) is 12.1 Å². The third-order valence-electron chi connectivity index (χ3n) is 6.70. The predicted octanol–water partition coefficient (Wildman–Crippen LogP) is 4.31. The first-order chi connectivity index (χ1) is 12.5. The van der Waals surface area contributed by atoms with Crippen molar-refractivity contribution in [1.82, 2.24) is 4.90 Å². The summed E-state index contributed by atoms with van der Waals surface area (Å²) in [4.78, 5) is 27.2. The molecule has 0 unspecified atom stereocenters. The Morgan fingerprint density at radius 1 is 1.12 bits per heavy atom. The quantitative estimate of drug-likeness (QED) is 0.720. The number of hydrogen-bond acceptors (Lipinski definition) is 3. The minimum absolute atomic E-state index is 0.0403. The van der Waals surface area contributed by atoms with Crippen LogP contribution in [0, 0.1) is 17.8 Å². The lowest BCUT2D eigenvalue weighted by Gasteiger charge is -2.60. The molecule has 0 atom stereocenters. The van der Waals surface area contributed by atoms with Gasteiger partial charge in [0.05, 0.1) is 24.1 Å². The van der Waals surface area contributed by atoms with E-state index in [1.165, 1.54) is 26.4 Å². The summed E-state index contributed by atoms with van der Waals surface area (Å²) < 4.78 is 4.83. The highest BCUT2D eigenvalue weighted by atomic mass is 35.5. The van der Waals surface area contributed by atoms with Crippen LogP contribution in [0.15, 0.2) is 24.3 Å². The van der Waals surface area contributed by atoms with Gasteiger partial charge in [0.25, 0.3) is 5.91 Å². The van der Waals surface area contributed by atoms with Gasteiger partial charge in [-0.3, -0.25) is 9.59 Å². The standard InChI is InChI=1S/C21H26ClNO3/c1-26-19(24)6-7-23(20(25)17-4-2-3-5-18(17)22)21-11-14-8-15(12-21)10-16(9-14)13-21/h2-5,14-16H,6-13H2,1H3. The highest BCUT2D eigenvalue weighted by Crippen LogP contribution is 2.58. The number of rotatable bonds is 5. The minimum atomic E-state index is -0.272. The molecule has 1 aromatic rings. The van der Waals surface area contributed by atoms with E-state index in [1.54, 1.807) is 12.1 Å². The summed E-state index contributed by atoms with van der Waals surface area (Å²) in [7, 11) is 1.40. The molecule has 4 aliphatic carbocycles. The second-order valence-corrected chi connectivity index (χ2v) is 8.81. The summed E-state index contributed by atoms with van der Waals surface area (Å²) in [5.74, 6) is 1.86. The predicted molar refractivity (Wildman–Crippen MR) is 100 cm³/mol. The molecule has 4 fully saturated rings. The maximum Gasteiger partial charge on any atom is 0.307 e. The average molecular weight is 376 g/mol. The molecule has 1 aromatic carbocycles. The molecule has 4 bridgehead atoms. The Kier molecular flexibility index (Phi) is 4.72. The molecule has 5 heteroatoms. The third-order valence-corrected chi connectivity index (χ3v) is 7.02. The zero-order chi connectivity index (χ0) is 18.3. The molecule has 140 valence electrons. The summed E-state index contributed by atoms with van der Waals surface area (Å²) in [5.41, 5.74) is 0.425. The van der Waals surface area contributed by atoms with E-state index in [0.717, 1.165) is 37.0 Å². The second kappa shape index (κ2) is 6.88. The molecule has 0 saturated heterocycles. The average Bonchev–Trinajstić information content (AvgIpc) is 2.60. The van der Waals surface area contributed by atoms with E-state index in [1.807, 2.05) is 17.0 Å². The van der Waals surface area contributed by atoms with E-state index < -0.39 is 0 Å². The van der Waals surface area contributed by atoms with Crippen molar-refractivity contribution in [2.45, 2.75) is 50.5 Å². The molecular formula is C21H26ClNO3. The molecule has 26 heavy (non-hydrogen) atoms. The molecule has 4 aliphatic rings. The van der Waals surface area contributed by atoms with Crippen LogP contribution >= 0.6 is 11.6 Å². The van der Waals surface area contributed by atoms with Gasteiger partial charge in [-0.15, -0.1) is 0 Å². The molecule has 0 aromatic heterocycles. The van der Waals surface area contributed by atoms with Gasteiger partial charge in [0.1, 0.15) is 0 Å². The number of carbonyl (C=O) groups excluding carboxylic acids is 2. The molecule has 0 heterocycles. The van der Waals surface area contributed by atoms with Gasteiger partial charge in [-0.25, -0.2) is 0 Å². The summed E-state index contributed by atoms with van der Waals surface area (Å²) in [6, 6.07) is 7.23. The maximum atomic E-state index is 13.5. The van der Waals surface area contributed by atoms with Gasteiger partial charge in [-0.05, 0) is 68.4 Å². The molecule has 0 N–H and O–H groups in total. The topological polar surface area (TPSA) is 46.6 Å². The van der Waals surface area contributed by atoms with Crippen molar-refractivity contribution in [3.63, 3.8) is 0 Å². The summed E-state index contributed by atoms with van der Waals surface area (Å²) in [6.45, 7) is 0.406. The molecule has 4 nitrogen and oxygen atoms in total. The normalized spacial score (nSPS) is 31.7. The van der Waals surface area contributed by atoms with Crippen LogP contribution in [0.25, 0.3) is 0 Å². The first-order valence-corrected chi connectivity index (χ1v) is 10.0.